The molecule has 0 spiro atoms. The average Bonchev–Trinajstić information content (AvgIpc) is 2.75. The van der Waals surface area contributed by atoms with Crippen LogP contribution in [0.15, 0.2) is 17.4 Å². The number of hydrogen-bond acceptors (Lipinski definition) is 3. The van der Waals surface area contributed by atoms with Crippen LogP contribution in [0, 0.1) is 0 Å². The predicted octanol–water partition coefficient (Wildman–Crippen LogP) is 1.18. The van der Waals surface area contributed by atoms with Crippen LogP contribution in [-0.4, -0.2) is 29.7 Å². The van der Waals surface area contributed by atoms with E-state index in [1.165, 1.54) is 0 Å². The molecule has 2 heterocycles. The molecule has 1 saturated heterocycles. The van der Waals surface area contributed by atoms with E-state index in [1.54, 1.807) is 6.20 Å². The zero-order chi connectivity index (χ0) is 8.39. The van der Waals surface area contributed by atoms with E-state index in [-0.39, 0.29) is 0 Å². The molecule has 0 aromatic carbocycles. The highest BCUT2D eigenvalue weighted by atomic mass is 16.5. The van der Waals surface area contributed by atoms with Gasteiger partial charge in [0.2, 0.25) is 0 Å². The quantitative estimate of drug-likeness (QED) is 0.617. The van der Waals surface area contributed by atoms with E-state index >= 15 is 0 Å². The first-order chi connectivity index (χ1) is 5.90. The number of ether oxygens (including phenoxy) is 1. The summed E-state index contributed by atoms with van der Waals surface area (Å²) in [7, 11) is 0. The van der Waals surface area contributed by atoms with E-state index in [0.717, 1.165) is 25.3 Å². The second-order valence-corrected chi connectivity index (χ2v) is 2.85. The standard InChI is InChI=1S/C8H11N3O/c1-9-7-4-10-11(5-7)8-2-3-12-6-8/h4-5,8H,1-3,6H2/t8-/m0/s1. The Morgan fingerprint density at radius 2 is 2.67 bits per heavy atom. The van der Waals surface area contributed by atoms with Gasteiger partial charge in [-0.3, -0.25) is 9.67 Å². The lowest BCUT2D eigenvalue weighted by atomic mass is 10.3. The summed E-state index contributed by atoms with van der Waals surface area (Å²) in [6.07, 6.45) is 4.65. The normalized spacial score (nSPS) is 22.8. The molecular formula is C8H11N3O. The van der Waals surface area contributed by atoms with Crippen molar-refractivity contribution < 1.29 is 4.74 Å². The highest BCUT2D eigenvalue weighted by Crippen LogP contribution is 2.20. The van der Waals surface area contributed by atoms with E-state index < -0.39 is 0 Å². The maximum atomic E-state index is 5.25. The summed E-state index contributed by atoms with van der Waals surface area (Å²) < 4.78 is 7.15. The first kappa shape index (κ1) is 7.49. The highest BCUT2D eigenvalue weighted by molar-refractivity contribution is 5.41. The van der Waals surface area contributed by atoms with Gasteiger partial charge in [-0.2, -0.15) is 5.10 Å². The van der Waals surface area contributed by atoms with Crippen LogP contribution in [0.4, 0.5) is 5.69 Å². The minimum atomic E-state index is 0.389. The van der Waals surface area contributed by atoms with E-state index in [2.05, 4.69) is 16.8 Å². The zero-order valence-electron chi connectivity index (χ0n) is 6.81. The molecule has 64 valence electrons. The number of nitrogens with zero attached hydrogens (tertiary/aromatic N) is 3. The number of hydrogen-bond donors (Lipinski definition) is 0. The monoisotopic (exact) mass is 165 g/mol. The van der Waals surface area contributed by atoms with E-state index in [9.17, 15) is 0 Å². The molecule has 0 bridgehead atoms. The minimum Gasteiger partial charge on any atom is -0.379 e. The third-order valence-corrected chi connectivity index (χ3v) is 2.05. The van der Waals surface area contributed by atoms with Crippen molar-refractivity contribution in [2.24, 2.45) is 4.99 Å². The van der Waals surface area contributed by atoms with Crippen molar-refractivity contribution >= 4 is 12.4 Å². The molecule has 1 aliphatic heterocycles. The molecule has 0 N–H and O–H groups in total. The van der Waals surface area contributed by atoms with Gasteiger partial charge >= 0.3 is 0 Å². The van der Waals surface area contributed by atoms with Crippen LogP contribution in [0.5, 0.6) is 0 Å². The fourth-order valence-corrected chi connectivity index (χ4v) is 1.34. The Balaban J connectivity index is 2.16. The first-order valence-electron chi connectivity index (χ1n) is 3.99. The molecule has 0 amide bonds. The van der Waals surface area contributed by atoms with Crippen molar-refractivity contribution in [1.29, 1.82) is 0 Å². The maximum Gasteiger partial charge on any atom is 0.100 e. The lowest BCUT2D eigenvalue weighted by Crippen LogP contribution is -2.08. The number of aliphatic imine (C=N–C) groups is 1. The first-order valence-corrected chi connectivity index (χ1v) is 3.99. The van der Waals surface area contributed by atoms with Crippen LogP contribution in [0.25, 0.3) is 0 Å². The second kappa shape index (κ2) is 3.06. The molecule has 1 aromatic heterocycles. The summed E-state index contributed by atoms with van der Waals surface area (Å²) in [5.41, 5.74) is 0.821. The van der Waals surface area contributed by atoms with Crippen LogP contribution in [0.1, 0.15) is 12.5 Å². The molecule has 4 nitrogen and oxygen atoms in total. The van der Waals surface area contributed by atoms with Gasteiger partial charge in [-0.1, -0.05) is 0 Å². The second-order valence-electron chi connectivity index (χ2n) is 2.85. The van der Waals surface area contributed by atoms with Gasteiger partial charge in [0.1, 0.15) is 5.69 Å². The highest BCUT2D eigenvalue weighted by Gasteiger charge is 2.17. The summed E-state index contributed by atoms with van der Waals surface area (Å²) >= 11 is 0. The Bertz CT molecular complexity index is 276. The van der Waals surface area contributed by atoms with Gasteiger partial charge in [0.15, 0.2) is 0 Å². The molecular weight excluding hydrogens is 154 g/mol. The molecule has 4 heteroatoms. The molecule has 1 aliphatic rings. The largest absolute Gasteiger partial charge is 0.379 e. The zero-order valence-corrected chi connectivity index (χ0v) is 6.81. The van der Waals surface area contributed by atoms with E-state index in [1.807, 2.05) is 10.9 Å². The van der Waals surface area contributed by atoms with Gasteiger partial charge in [-0.15, -0.1) is 0 Å². The topological polar surface area (TPSA) is 39.4 Å². The third-order valence-electron chi connectivity index (χ3n) is 2.05. The summed E-state index contributed by atoms with van der Waals surface area (Å²) in [4.78, 5) is 3.79. The molecule has 2 rings (SSSR count). The van der Waals surface area contributed by atoms with Crippen molar-refractivity contribution in [2.45, 2.75) is 12.5 Å². The predicted molar refractivity (Wildman–Crippen MR) is 45.9 cm³/mol. The van der Waals surface area contributed by atoms with Gasteiger partial charge in [-0.25, -0.2) is 0 Å². The van der Waals surface area contributed by atoms with Gasteiger partial charge in [0, 0.05) is 6.61 Å². The third kappa shape index (κ3) is 1.25. The Hall–Kier alpha value is -1.16. The number of rotatable bonds is 2. The molecule has 12 heavy (non-hydrogen) atoms. The Morgan fingerprint density at radius 1 is 1.75 bits per heavy atom. The van der Waals surface area contributed by atoms with Gasteiger partial charge < -0.3 is 4.74 Å². The molecule has 1 atom stereocenters. The van der Waals surface area contributed by atoms with Crippen molar-refractivity contribution in [2.75, 3.05) is 13.2 Å². The molecule has 0 radical (unpaired) electrons. The Morgan fingerprint density at radius 3 is 3.25 bits per heavy atom. The summed E-state index contributed by atoms with van der Waals surface area (Å²) in [6.45, 7) is 5.03. The van der Waals surface area contributed by atoms with Crippen molar-refractivity contribution in [3.8, 4) is 0 Å². The number of aromatic nitrogens is 2. The fraction of sp³-hybridized carbons (Fsp3) is 0.500. The van der Waals surface area contributed by atoms with E-state index in [0.29, 0.717) is 6.04 Å². The van der Waals surface area contributed by atoms with Crippen molar-refractivity contribution in [3.05, 3.63) is 12.4 Å². The summed E-state index contributed by atoms with van der Waals surface area (Å²) in [5.74, 6) is 0. The lowest BCUT2D eigenvalue weighted by Gasteiger charge is -2.06. The van der Waals surface area contributed by atoms with Crippen LogP contribution in [-0.2, 0) is 4.74 Å². The Labute approximate surface area is 70.9 Å². The summed E-state index contributed by atoms with van der Waals surface area (Å²) in [5, 5.41) is 4.17. The van der Waals surface area contributed by atoms with Crippen molar-refractivity contribution in [1.82, 2.24) is 9.78 Å². The summed E-state index contributed by atoms with van der Waals surface area (Å²) in [6, 6.07) is 0.389. The molecule has 0 aliphatic carbocycles. The maximum absolute atomic E-state index is 5.25. The van der Waals surface area contributed by atoms with Crippen LogP contribution in [0.2, 0.25) is 0 Å². The van der Waals surface area contributed by atoms with Crippen LogP contribution < -0.4 is 0 Å². The minimum absolute atomic E-state index is 0.389. The SMILES string of the molecule is C=Nc1cnn([C@H]2CCOC2)c1. The fourth-order valence-electron chi connectivity index (χ4n) is 1.34. The van der Waals surface area contributed by atoms with Gasteiger partial charge in [-0.05, 0) is 13.1 Å². The lowest BCUT2D eigenvalue weighted by molar-refractivity contribution is 0.184. The molecule has 1 aromatic rings. The van der Waals surface area contributed by atoms with E-state index in [4.69, 9.17) is 4.74 Å². The van der Waals surface area contributed by atoms with Crippen LogP contribution in [0.3, 0.4) is 0 Å². The van der Waals surface area contributed by atoms with Crippen LogP contribution >= 0.6 is 0 Å². The van der Waals surface area contributed by atoms with Gasteiger partial charge in [0.25, 0.3) is 0 Å². The Kier molecular flexibility index (Phi) is 1.91. The molecule has 0 saturated carbocycles. The van der Waals surface area contributed by atoms with Gasteiger partial charge in [0.05, 0.1) is 25.0 Å². The molecule has 0 unspecified atom stereocenters. The molecule has 1 fully saturated rings. The smallest absolute Gasteiger partial charge is 0.100 e. The average molecular weight is 165 g/mol. The van der Waals surface area contributed by atoms with Crippen molar-refractivity contribution in [3.63, 3.8) is 0 Å².